The zero-order valence-corrected chi connectivity index (χ0v) is 18.4. The third kappa shape index (κ3) is 5.73. The van der Waals surface area contributed by atoms with E-state index in [4.69, 9.17) is 9.47 Å². The molecule has 2 N–H and O–H groups in total. The molecule has 8 nitrogen and oxygen atoms in total. The number of rotatable bonds is 8. The Bertz CT molecular complexity index is 752. The summed E-state index contributed by atoms with van der Waals surface area (Å²) in [6.45, 7) is 3.20. The summed E-state index contributed by atoms with van der Waals surface area (Å²) in [5, 5.41) is 5.99. The van der Waals surface area contributed by atoms with E-state index in [1.165, 1.54) is 30.7 Å². The van der Waals surface area contributed by atoms with E-state index >= 15 is 0 Å². The fourth-order valence-corrected chi connectivity index (χ4v) is 4.59. The van der Waals surface area contributed by atoms with E-state index in [1.54, 1.807) is 13.1 Å². The molecule has 0 bridgehead atoms. The van der Waals surface area contributed by atoms with Crippen molar-refractivity contribution < 1.29 is 22.7 Å². The van der Waals surface area contributed by atoms with E-state index in [2.05, 4.69) is 10.6 Å². The van der Waals surface area contributed by atoms with Crippen molar-refractivity contribution in [3.05, 3.63) is 18.2 Å². The highest BCUT2D eigenvalue weighted by atomic mass is 35.5. The van der Waals surface area contributed by atoms with Crippen molar-refractivity contribution >= 4 is 28.3 Å². The SMILES string of the molecule is CNCC(C)C(=O)NC1CCN(S(=O)(=O)c2ccc(OC)c(OC)c2)CC1.Cl. The molecule has 1 aliphatic rings. The Morgan fingerprint density at radius 2 is 1.82 bits per heavy atom. The number of sulfonamides is 1. The van der Waals surface area contributed by atoms with Crippen molar-refractivity contribution in [2.75, 3.05) is 40.9 Å². The van der Waals surface area contributed by atoms with Gasteiger partial charge in [0, 0.05) is 37.7 Å². The Hall–Kier alpha value is -1.55. The van der Waals surface area contributed by atoms with E-state index in [0.717, 1.165) is 0 Å². The van der Waals surface area contributed by atoms with E-state index in [-0.39, 0.29) is 35.2 Å². The van der Waals surface area contributed by atoms with Gasteiger partial charge in [0.25, 0.3) is 0 Å². The van der Waals surface area contributed by atoms with Gasteiger partial charge in [-0.2, -0.15) is 4.31 Å². The van der Waals surface area contributed by atoms with Gasteiger partial charge in [-0.25, -0.2) is 8.42 Å². The Balaban J connectivity index is 0.00000392. The summed E-state index contributed by atoms with van der Waals surface area (Å²) in [5.41, 5.74) is 0. The van der Waals surface area contributed by atoms with Crippen LogP contribution in [0.4, 0.5) is 0 Å². The third-order valence-corrected chi connectivity index (χ3v) is 6.65. The maximum atomic E-state index is 12.9. The molecule has 0 spiro atoms. The van der Waals surface area contributed by atoms with Crippen LogP contribution in [0.5, 0.6) is 11.5 Å². The van der Waals surface area contributed by atoms with Gasteiger partial charge in [0.15, 0.2) is 11.5 Å². The lowest BCUT2D eigenvalue weighted by Gasteiger charge is -2.32. The van der Waals surface area contributed by atoms with Gasteiger partial charge in [-0.15, -0.1) is 12.4 Å². The lowest BCUT2D eigenvalue weighted by atomic mass is 10.0. The fraction of sp³-hybridized carbons (Fsp3) is 0.611. The highest BCUT2D eigenvalue weighted by molar-refractivity contribution is 7.89. The molecule has 2 rings (SSSR count). The largest absolute Gasteiger partial charge is 0.493 e. The zero-order chi connectivity index (χ0) is 20.0. The average molecular weight is 436 g/mol. The van der Waals surface area contributed by atoms with Gasteiger partial charge in [0.1, 0.15) is 0 Å². The van der Waals surface area contributed by atoms with Gasteiger partial charge in [0.05, 0.1) is 19.1 Å². The number of carbonyl (C=O) groups excluding carboxylic acids is 1. The van der Waals surface area contributed by atoms with Crippen molar-refractivity contribution in [2.45, 2.75) is 30.7 Å². The Morgan fingerprint density at radius 1 is 1.21 bits per heavy atom. The molecule has 0 aromatic heterocycles. The first-order valence-electron chi connectivity index (χ1n) is 9.00. The van der Waals surface area contributed by atoms with Crippen LogP contribution >= 0.6 is 12.4 Å². The molecule has 0 aliphatic carbocycles. The molecule has 1 saturated heterocycles. The number of nitrogens with zero attached hydrogens (tertiary/aromatic N) is 1. The molecule has 1 aromatic carbocycles. The summed E-state index contributed by atoms with van der Waals surface area (Å²) in [5.74, 6) is 0.724. The number of benzene rings is 1. The number of piperidine rings is 1. The molecule has 1 atom stereocenters. The molecule has 0 saturated carbocycles. The van der Waals surface area contributed by atoms with Crippen molar-refractivity contribution in [1.82, 2.24) is 14.9 Å². The number of hydrogen-bond acceptors (Lipinski definition) is 6. The molecule has 1 aliphatic heterocycles. The Labute approximate surface area is 173 Å². The molecule has 10 heteroatoms. The number of amides is 1. The Kier molecular flexibility index (Phi) is 9.49. The zero-order valence-electron chi connectivity index (χ0n) is 16.7. The molecule has 1 heterocycles. The maximum absolute atomic E-state index is 12.9. The van der Waals surface area contributed by atoms with Crippen molar-refractivity contribution in [1.29, 1.82) is 0 Å². The number of nitrogens with one attached hydrogen (secondary N) is 2. The van der Waals surface area contributed by atoms with Gasteiger partial charge >= 0.3 is 0 Å². The number of methoxy groups -OCH3 is 2. The maximum Gasteiger partial charge on any atom is 0.243 e. The predicted molar refractivity (Wildman–Crippen MR) is 110 cm³/mol. The molecule has 1 unspecified atom stereocenters. The van der Waals surface area contributed by atoms with Crippen LogP contribution in [0, 0.1) is 5.92 Å². The standard InChI is InChI=1S/C18H29N3O5S.ClH/c1-13(12-19-2)18(22)20-14-7-9-21(10-8-14)27(23,24)15-5-6-16(25-3)17(11-15)26-4;/h5-6,11,13-14,19H,7-10,12H2,1-4H3,(H,20,22);1H. The van der Waals surface area contributed by atoms with Crippen LogP contribution < -0.4 is 20.1 Å². The van der Waals surface area contributed by atoms with Gasteiger partial charge in [-0.1, -0.05) is 6.92 Å². The van der Waals surface area contributed by atoms with Gasteiger partial charge < -0.3 is 20.1 Å². The molecule has 0 radical (unpaired) electrons. The molecule has 1 aromatic rings. The highest BCUT2D eigenvalue weighted by Crippen LogP contribution is 2.31. The monoisotopic (exact) mass is 435 g/mol. The van der Waals surface area contributed by atoms with E-state index in [9.17, 15) is 13.2 Å². The van der Waals surface area contributed by atoms with Crippen LogP contribution in [0.2, 0.25) is 0 Å². The summed E-state index contributed by atoms with van der Waals surface area (Å²) in [4.78, 5) is 12.3. The second-order valence-electron chi connectivity index (χ2n) is 6.66. The summed E-state index contributed by atoms with van der Waals surface area (Å²) in [7, 11) is 1.16. The minimum absolute atomic E-state index is 0. The van der Waals surface area contributed by atoms with Crippen molar-refractivity contribution in [3.8, 4) is 11.5 Å². The normalized spacial score (nSPS) is 16.7. The molecular weight excluding hydrogens is 406 g/mol. The number of hydrogen-bond donors (Lipinski definition) is 2. The van der Waals surface area contributed by atoms with Gasteiger partial charge in [0.2, 0.25) is 15.9 Å². The van der Waals surface area contributed by atoms with Crippen LogP contribution in [0.1, 0.15) is 19.8 Å². The fourth-order valence-electron chi connectivity index (χ4n) is 3.11. The van der Waals surface area contributed by atoms with E-state index in [1.807, 2.05) is 6.92 Å². The summed E-state index contributed by atoms with van der Waals surface area (Å²) >= 11 is 0. The first-order valence-corrected chi connectivity index (χ1v) is 10.4. The van der Waals surface area contributed by atoms with Crippen LogP contribution in [0.15, 0.2) is 23.1 Å². The van der Waals surface area contributed by atoms with Crippen LogP contribution in [-0.2, 0) is 14.8 Å². The van der Waals surface area contributed by atoms with Crippen molar-refractivity contribution in [2.24, 2.45) is 5.92 Å². The molecule has 28 heavy (non-hydrogen) atoms. The average Bonchev–Trinajstić information content (AvgIpc) is 2.67. The predicted octanol–water partition coefficient (Wildman–Crippen LogP) is 1.25. The minimum Gasteiger partial charge on any atom is -0.493 e. The molecular formula is C18H30ClN3O5S. The Morgan fingerprint density at radius 3 is 2.36 bits per heavy atom. The topological polar surface area (TPSA) is 97.0 Å². The molecule has 1 amide bonds. The van der Waals surface area contributed by atoms with Gasteiger partial charge in [-0.05, 0) is 32.0 Å². The summed E-state index contributed by atoms with van der Waals surface area (Å²) in [6.07, 6.45) is 1.18. The quantitative estimate of drug-likeness (QED) is 0.637. The minimum atomic E-state index is -3.62. The first kappa shape index (κ1) is 24.5. The van der Waals surface area contributed by atoms with Crippen LogP contribution in [0.25, 0.3) is 0 Å². The molecule has 1 fully saturated rings. The first-order chi connectivity index (χ1) is 12.8. The number of halogens is 1. The lowest BCUT2D eigenvalue weighted by molar-refractivity contribution is -0.125. The second kappa shape index (κ2) is 10.8. The van der Waals surface area contributed by atoms with Crippen LogP contribution in [-0.4, -0.2) is 65.6 Å². The van der Waals surface area contributed by atoms with Crippen molar-refractivity contribution in [3.63, 3.8) is 0 Å². The second-order valence-corrected chi connectivity index (χ2v) is 8.60. The number of ether oxygens (including phenoxy) is 2. The summed E-state index contributed by atoms with van der Waals surface area (Å²) < 4.78 is 37.6. The summed E-state index contributed by atoms with van der Waals surface area (Å²) in [6, 6.07) is 4.57. The number of carbonyl (C=O) groups is 1. The molecule has 160 valence electrons. The van der Waals surface area contributed by atoms with Crippen LogP contribution in [0.3, 0.4) is 0 Å². The third-order valence-electron chi connectivity index (χ3n) is 4.75. The lowest BCUT2D eigenvalue weighted by Crippen LogP contribution is -2.48. The highest BCUT2D eigenvalue weighted by Gasteiger charge is 2.31. The van der Waals surface area contributed by atoms with E-state index in [0.29, 0.717) is 44.0 Å². The smallest absolute Gasteiger partial charge is 0.243 e. The van der Waals surface area contributed by atoms with Gasteiger partial charge in [-0.3, -0.25) is 4.79 Å². The van der Waals surface area contributed by atoms with E-state index < -0.39 is 10.0 Å².